The monoisotopic (exact) mass is 369 g/mol. The summed E-state index contributed by atoms with van der Waals surface area (Å²) in [6.45, 7) is 4.57. The number of aliphatic hydroxyl groups excluding tert-OH is 1. The second kappa shape index (κ2) is 4.86. The van der Waals surface area contributed by atoms with Crippen LogP contribution in [0.15, 0.2) is 18.2 Å². The summed E-state index contributed by atoms with van der Waals surface area (Å²) < 4.78 is 45.5. The molecule has 8 heteroatoms. The molecule has 5 atom stereocenters. The van der Waals surface area contributed by atoms with Gasteiger partial charge < -0.3 is 9.84 Å². The number of hydrogen-bond acceptors (Lipinski definition) is 4. The van der Waals surface area contributed by atoms with Gasteiger partial charge in [0.2, 0.25) is 11.8 Å². The van der Waals surface area contributed by atoms with Crippen LogP contribution in [0.25, 0.3) is 0 Å². The normalized spacial score (nSPS) is 39.0. The fourth-order valence-electron chi connectivity index (χ4n) is 4.83. The molecule has 3 heterocycles. The largest absolute Gasteiger partial charge is 0.416 e. The number of amides is 2. The Kier molecular flexibility index (Phi) is 3.27. The van der Waals surface area contributed by atoms with Gasteiger partial charge in [0, 0.05) is 6.42 Å². The number of ether oxygens (including phenoxy) is 1. The average Bonchev–Trinajstić information content (AvgIpc) is 3.01. The highest BCUT2D eigenvalue weighted by Gasteiger charge is 2.75. The van der Waals surface area contributed by atoms with Gasteiger partial charge in [0.1, 0.15) is 5.60 Å². The topological polar surface area (TPSA) is 66.8 Å². The van der Waals surface area contributed by atoms with Crippen LogP contribution in [0.5, 0.6) is 0 Å². The van der Waals surface area contributed by atoms with E-state index in [0.29, 0.717) is 0 Å². The van der Waals surface area contributed by atoms with Crippen molar-refractivity contribution < 1.29 is 32.6 Å². The molecule has 0 radical (unpaired) electrons. The first-order valence-corrected chi connectivity index (χ1v) is 8.34. The van der Waals surface area contributed by atoms with Gasteiger partial charge in [-0.05, 0) is 38.5 Å². The zero-order chi connectivity index (χ0) is 19.2. The third-order valence-corrected chi connectivity index (χ3v) is 6.08. The SMILES string of the molecule is Cc1ccc(N2C(=O)C3C(C2=O)C2(C)OC3(C)CC2O)cc1C(F)(F)F. The number of hydrogen-bond donors (Lipinski definition) is 1. The minimum Gasteiger partial charge on any atom is -0.390 e. The summed E-state index contributed by atoms with van der Waals surface area (Å²) >= 11 is 0. The van der Waals surface area contributed by atoms with E-state index in [4.69, 9.17) is 4.74 Å². The number of fused-ring (bicyclic) bond motifs is 5. The maximum Gasteiger partial charge on any atom is 0.416 e. The van der Waals surface area contributed by atoms with Crippen LogP contribution in [0, 0.1) is 18.8 Å². The molecule has 1 aromatic carbocycles. The smallest absolute Gasteiger partial charge is 0.390 e. The number of halogens is 3. The molecule has 3 aliphatic heterocycles. The van der Waals surface area contributed by atoms with E-state index >= 15 is 0 Å². The maximum absolute atomic E-state index is 13.2. The molecular weight excluding hydrogens is 351 g/mol. The van der Waals surface area contributed by atoms with E-state index < -0.39 is 52.7 Å². The first-order chi connectivity index (χ1) is 11.9. The lowest BCUT2D eigenvalue weighted by atomic mass is 9.67. The Hall–Kier alpha value is -1.93. The molecule has 140 valence electrons. The average molecular weight is 369 g/mol. The van der Waals surface area contributed by atoms with Gasteiger partial charge >= 0.3 is 6.18 Å². The second-order valence-electron chi connectivity index (χ2n) is 7.78. The molecule has 0 aromatic heterocycles. The Morgan fingerprint density at radius 3 is 2.42 bits per heavy atom. The molecule has 3 saturated heterocycles. The van der Waals surface area contributed by atoms with Crippen LogP contribution in [0.4, 0.5) is 18.9 Å². The number of carbonyl (C=O) groups excluding carboxylic acids is 2. The predicted octanol–water partition coefficient (Wildman–Crippen LogP) is 2.43. The van der Waals surface area contributed by atoms with Crippen molar-refractivity contribution in [3.05, 3.63) is 29.3 Å². The zero-order valence-corrected chi connectivity index (χ0v) is 14.4. The molecule has 0 aliphatic carbocycles. The zero-order valence-electron chi connectivity index (χ0n) is 14.4. The number of alkyl halides is 3. The predicted molar refractivity (Wildman–Crippen MR) is 84.2 cm³/mol. The van der Waals surface area contributed by atoms with Gasteiger partial charge in [-0.3, -0.25) is 9.59 Å². The number of aliphatic hydroxyl groups is 1. The number of benzene rings is 1. The Balaban J connectivity index is 1.80. The summed E-state index contributed by atoms with van der Waals surface area (Å²) in [6, 6.07) is 3.41. The van der Waals surface area contributed by atoms with Crippen LogP contribution in [0.1, 0.15) is 31.4 Å². The fourth-order valence-corrected chi connectivity index (χ4v) is 4.83. The van der Waals surface area contributed by atoms with E-state index in [9.17, 15) is 27.9 Å². The van der Waals surface area contributed by atoms with Crippen molar-refractivity contribution in [3.63, 3.8) is 0 Å². The van der Waals surface area contributed by atoms with Gasteiger partial charge in [0.25, 0.3) is 0 Å². The molecule has 4 rings (SSSR count). The number of aryl methyl sites for hydroxylation is 1. The molecule has 0 saturated carbocycles. The van der Waals surface area contributed by atoms with Crippen molar-refractivity contribution in [2.75, 3.05) is 4.90 Å². The van der Waals surface area contributed by atoms with Crippen LogP contribution < -0.4 is 4.90 Å². The highest BCUT2D eigenvalue weighted by atomic mass is 19.4. The lowest BCUT2D eigenvalue weighted by molar-refractivity contribution is -0.138. The van der Waals surface area contributed by atoms with Crippen molar-refractivity contribution in [2.45, 2.75) is 50.7 Å². The standard InChI is InChI=1S/C18H18F3NO4/c1-8-4-5-9(6-10(8)18(19,20)21)22-14(24)12-13(15(22)25)17(3)11(23)7-16(12,2)26-17/h4-6,11-13,23H,7H2,1-3H3. The van der Waals surface area contributed by atoms with Crippen molar-refractivity contribution in [1.82, 2.24) is 0 Å². The van der Waals surface area contributed by atoms with Crippen LogP contribution in [-0.2, 0) is 20.5 Å². The molecule has 3 fully saturated rings. The quantitative estimate of drug-likeness (QED) is 0.772. The molecule has 1 aromatic rings. The van der Waals surface area contributed by atoms with Crippen LogP contribution >= 0.6 is 0 Å². The van der Waals surface area contributed by atoms with Gasteiger partial charge in [-0.2, -0.15) is 13.2 Å². The summed E-state index contributed by atoms with van der Waals surface area (Å²) in [5, 5.41) is 10.3. The van der Waals surface area contributed by atoms with Gasteiger partial charge in [0.05, 0.1) is 34.8 Å². The molecule has 3 aliphatic rings. The molecular formula is C18H18F3NO4. The maximum atomic E-state index is 13.2. The number of nitrogens with zero attached hydrogens (tertiary/aromatic N) is 1. The summed E-state index contributed by atoms with van der Waals surface area (Å²) in [5.41, 5.74) is -3.19. The fraction of sp³-hybridized carbons (Fsp3) is 0.556. The number of carbonyl (C=O) groups is 2. The van der Waals surface area contributed by atoms with Gasteiger partial charge in [-0.1, -0.05) is 6.07 Å². The molecule has 5 unspecified atom stereocenters. The van der Waals surface area contributed by atoms with Crippen molar-refractivity contribution >= 4 is 17.5 Å². The highest BCUT2D eigenvalue weighted by Crippen LogP contribution is 2.61. The van der Waals surface area contributed by atoms with Gasteiger partial charge in [-0.25, -0.2) is 4.90 Å². The van der Waals surface area contributed by atoms with E-state index in [1.54, 1.807) is 13.8 Å². The third-order valence-electron chi connectivity index (χ3n) is 6.08. The highest BCUT2D eigenvalue weighted by molar-refractivity contribution is 6.23. The first-order valence-electron chi connectivity index (χ1n) is 8.34. The molecule has 1 N–H and O–H groups in total. The van der Waals surface area contributed by atoms with E-state index in [0.717, 1.165) is 11.0 Å². The molecule has 2 amide bonds. The van der Waals surface area contributed by atoms with Gasteiger partial charge in [-0.15, -0.1) is 0 Å². The van der Waals surface area contributed by atoms with Crippen LogP contribution in [0.2, 0.25) is 0 Å². The van der Waals surface area contributed by atoms with Crippen molar-refractivity contribution in [2.24, 2.45) is 11.8 Å². The lowest BCUT2D eigenvalue weighted by Crippen LogP contribution is -2.49. The molecule has 0 spiro atoms. The van der Waals surface area contributed by atoms with Crippen LogP contribution in [-0.4, -0.2) is 34.2 Å². The Morgan fingerprint density at radius 1 is 1.19 bits per heavy atom. The summed E-state index contributed by atoms with van der Waals surface area (Å²) in [4.78, 5) is 26.7. The minimum atomic E-state index is -4.59. The number of rotatable bonds is 1. The van der Waals surface area contributed by atoms with Crippen molar-refractivity contribution in [1.29, 1.82) is 0 Å². The van der Waals surface area contributed by atoms with E-state index in [2.05, 4.69) is 0 Å². The summed E-state index contributed by atoms with van der Waals surface area (Å²) in [6.07, 6.45) is -5.29. The molecule has 5 nitrogen and oxygen atoms in total. The number of anilines is 1. The third kappa shape index (κ3) is 2.00. The van der Waals surface area contributed by atoms with E-state index in [1.165, 1.54) is 19.1 Å². The van der Waals surface area contributed by atoms with Gasteiger partial charge in [0.15, 0.2) is 0 Å². The first kappa shape index (κ1) is 17.5. The van der Waals surface area contributed by atoms with E-state index in [1.807, 2.05) is 0 Å². The summed E-state index contributed by atoms with van der Waals surface area (Å²) in [7, 11) is 0. The van der Waals surface area contributed by atoms with Crippen molar-refractivity contribution in [3.8, 4) is 0 Å². The minimum absolute atomic E-state index is 0.0123. The Bertz CT molecular complexity index is 838. The Labute approximate surface area is 147 Å². The van der Waals surface area contributed by atoms with Crippen LogP contribution in [0.3, 0.4) is 0 Å². The molecule has 26 heavy (non-hydrogen) atoms. The molecule has 2 bridgehead atoms. The number of imide groups is 1. The lowest BCUT2D eigenvalue weighted by Gasteiger charge is -2.31. The summed E-state index contributed by atoms with van der Waals surface area (Å²) in [5.74, 6) is -2.91. The second-order valence-corrected chi connectivity index (χ2v) is 7.78. The Morgan fingerprint density at radius 2 is 1.81 bits per heavy atom. The van der Waals surface area contributed by atoms with E-state index in [-0.39, 0.29) is 17.7 Å².